The highest BCUT2D eigenvalue weighted by Crippen LogP contribution is 1.99. The van der Waals surface area contributed by atoms with Crippen LogP contribution in [0.5, 0.6) is 0 Å². The van der Waals surface area contributed by atoms with Gasteiger partial charge in [0.05, 0.1) is 6.54 Å². The van der Waals surface area contributed by atoms with Gasteiger partial charge in [0.1, 0.15) is 5.84 Å². The Kier molecular flexibility index (Phi) is 2.78. The second-order valence-corrected chi connectivity index (χ2v) is 2.06. The molecular formula is C7H11N3. The third-order valence-electron chi connectivity index (χ3n) is 1.27. The maximum atomic E-state index is 5.16. The van der Waals surface area contributed by atoms with Crippen LogP contribution in [0.15, 0.2) is 4.99 Å². The minimum atomic E-state index is 0.403. The van der Waals surface area contributed by atoms with Crippen molar-refractivity contribution >= 4 is 5.84 Å². The van der Waals surface area contributed by atoms with E-state index in [4.69, 9.17) is 5.73 Å². The van der Waals surface area contributed by atoms with Crippen LogP contribution in [0.4, 0.5) is 0 Å². The fourth-order valence-corrected chi connectivity index (χ4v) is 0.809. The molecule has 10 heavy (non-hydrogen) atoms. The van der Waals surface area contributed by atoms with Gasteiger partial charge in [-0.05, 0) is 6.42 Å². The van der Waals surface area contributed by atoms with E-state index in [1.165, 1.54) is 0 Å². The molecule has 0 saturated carbocycles. The predicted molar refractivity (Wildman–Crippen MR) is 41.5 cm³/mol. The molecule has 1 aliphatic rings. The van der Waals surface area contributed by atoms with E-state index in [0.29, 0.717) is 6.54 Å². The first kappa shape index (κ1) is 7.10. The van der Waals surface area contributed by atoms with E-state index >= 15 is 0 Å². The quantitative estimate of drug-likeness (QED) is 0.355. The van der Waals surface area contributed by atoms with Crippen molar-refractivity contribution in [3.05, 3.63) is 0 Å². The molecule has 0 atom stereocenters. The lowest BCUT2D eigenvalue weighted by molar-refractivity contribution is 0.948. The highest BCUT2D eigenvalue weighted by Gasteiger charge is 2.02. The normalized spacial score (nSPS) is 15.5. The number of hydrogen-bond donors (Lipinski definition) is 2. The number of nitrogens with two attached hydrogens (primary N) is 1. The van der Waals surface area contributed by atoms with Gasteiger partial charge in [-0.2, -0.15) is 0 Å². The highest BCUT2D eigenvalue weighted by molar-refractivity contribution is 5.84. The summed E-state index contributed by atoms with van der Waals surface area (Å²) >= 11 is 0. The molecule has 1 heterocycles. The van der Waals surface area contributed by atoms with E-state index in [1.54, 1.807) is 0 Å². The lowest BCUT2D eigenvalue weighted by atomic mass is 10.3. The Hall–Kier alpha value is -1.01. The Balaban J connectivity index is 2.24. The van der Waals surface area contributed by atoms with Crippen molar-refractivity contribution in [2.24, 2.45) is 10.7 Å². The Morgan fingerprint density at radius 2 is 2.60 bits per heavy atom. The van der Waals surface area contributed by atoms with Crippen LogP contribution in [-0.2, 0) is 0 Å². The average molecular weight is 137 g/mol. The maximum absolute atomic E-state index is 5.16. The summed E-state index contributed by atoms with van der Waals surface area (Å²) in [7, 11) is 0. The predicted octanol–water partition coefficient (Wildman–Crippen LogP) is -0.312. The summed E-state index contributed by atoms with van der Waals surface area (Å²) in [5.41, 5.74) is 5.16. The molecule has 0 aliphatic carbocycles. The van der Waals surface area contributed by atoms with E-state index in [-0.39, 0.29) is 0 Å². The summed E-state index contributed by atoms with van der Waals surface area (Å²) in [6.07, 6.45) is 2.17. The van der Waals surface area contributed by atoms with Crippen LogP contribution in [0.3, 0.4) is 0 Å². The van der Waals surface area contributed by atoms with E-state index in [1.807, 2.05) is 0 Å². The lowest BCUT2D eigenvalue weighted by Crippen LogP contribution is -2.15. The molecule has 0 aromatic heterocycles. The number of aliphatic imine (C=N–C) groups is 1. The number of nitrogens with zero attached hydrogens (tertiary/aromatic N) is 1. The molecule has 3 nitrogen and oxygen atoms in total. The molecule has 0 aromatic carbocycles. The largest absolute Gasteiger partial charge is 0.320 e. The second kappa shape index (κ2) is 3.91. The third-order valence-corrected chi connectivity index (χ3v) is 1.27. The van der Waals surface area contributed by atoms with Gasteiger partial charge in [0, 0.05) is 19.0 Å². The van der Waals surface area contributed by atoms with E-state index in [0.717, 1.165) is 25.2 Å². The van der Waals surface area contributed by atoms with Crippen molar-refractivity contribution in [2.75, 3.05) is 13.1 Å². The zero-order valence-electron chi connectivity index (χ0n) is 5.85. The number of amidine groups is 1. The zero-order chi connectivity index (χ0) is 7.23. The molecule has 0 aromatic rings. The zero-order valence-corrected chi connectivity index (χ0v) is 5.85. The number of rotatable bonds is 0. The van der Waals surface area contributed by atoms with Crippen LogP contribution < -0.4 is 11.1 Å². The van der Waals surface area contributed by atoms with Gasteiger partial charge in [-0.25, -0.2) is 0 Å². The van der Waals surface area contributed by atoms with Gasteiger partial charge in [-0.1, -0.05) is 5.92 Å². The first-order valence-corrected chi connectivity index (χ1v) is 3.41. The van der Waals surface area contributed by atoms with Crippen LogP contribution >= 0.6 is 0 Å². The van der Waals surface area contributed by atoms with Crippen molar-refractivity contribution in [2.45, 2.75) is 12.8 Å². The van der Waals surface area contributed by atoms with Crippen LogP contribution in [0, 0.1) is 12.0 Å². The second-order valence-electron chi connectivity index (χ2n) is 2.06. The average Bonchev–Trinajstić information content (AvgIpc) is 2.41. The van der Waals surface area contributed by atoms with Crippen molar-refractivity contribution in [3.63, 3.8) is 0 Å². The van der Waals surface area contributed by atoms with Gasteiger partial charge < -0.3 is 11.1 Å². The van der Waals surface area contributed by atoms with Crippen LogP contribution in [0.25, 0.3) is 0 Å². The van der Waals surface area contributed by atoms with Crippen LogP contribution in [-0.4, -0.2) is 18.9 Å². The molecule has 1 aliphatic heterocycles. The Morgan fingerprint density at radius 3 is 3.20 bits per heavy atom. The molecule has 0 unspecified atom stereocenters. The highest BCUT2D eigenvalue weighted by atomic mass is 15.0. The van der Waals surface area contributed by atoms with Gasteiger partial charge in [-0.15, -0.1) is 0 Å². The first-order valence-electron chi connectivity index (χ1n) is 3.41. The summed E-state index contributed by atoms with van der Waals surface area (Å²) in [6, 6.07) is 2.72. The van der Waals surface area contributed by atoms with Crippen molar-refractivity contribution < 1.29 is 0 Å². The Bertz CT molecular complexity index is 185. The molecule has 54 valence electrons. The van der Waals surface area contributed by atoms with Gasteiger partial charge in [-0.3, -0.25) is 4.99 Å². The molecule has 3 heteroatoms. The van der Waals surface area contributed by atoms with Gasteiger partial charge in [0.15, 0.2) is 0 Å². The standard InChI is InChI=1S/C7H11N3/c8-4-2-6-10-7-3-1-5-9-7/h1,3-5,8H2,(H,9,10). The molecule has 0 spiro atoms. The van der Waals surface area contributed by atoms with Gasteiger partial charge in [0.2, 0.25) is 0 Å². The summed E-state index contributed by atoms with van der Waals surface area (Å²) in [6.45, 7) is 1.34. The van der Waals surface area contributed by atoms with E-state index in [9.17, 15) is 0 Å². The maximum Gasteiger partial charge on any atom is 0.108 e. The smallest absolute Gasteiger partial charge is 0.108 e. The Labute approximate surface area is 60.7 Å². The molecular weight excluding hydrogens is 126 g/mol. The minimum absolute atomic E-state index is 0.403. The topological polar surface area (TPSA) is 50.4 Å². The van der Waals surface area contributed by atoms with Crippen LogP contribution in [0.2, 0.25) is 0 Å². The molecule has 0 saturated heterocycles. The van der Waals surface area contributed by atoms with E-state index < -0.39 is 0 Å². The molecule has 0 fully saturated rings. The molecule has 0 amide bonds. The summed E-state index contributed by atoms with van der Waals surface area (Å²) < 4.78 is 0. The summed E-state index contributed by atoms with van der Waals surface area (Å²) in [5, 5.41) is 2.89. The van der Waals surface area contributed by atoms with Gasteiger partial charge in [0.25, 0.3) is 0 Å². The lowest BCUT2D eigenvalue weighted by Gasteiger charge is -1.92. The van der Waals surface area contributed by atoms with Crippen LogP contribution in [0.1, 0.15) is 12.8 Å². The number of nitrogens with one attached hydrogen (secondary N) is 1. The molecule has 3 N–H and O–H groups in total. The van der Waals surface area contributed by atoms with Crippen molar-refractivity contribution in [1.82, 2.24) is 5.32 Å². The molecule has 0 radical (unpaired) electrons. The summed E-state index contributed by atoms with van der Waals surface area (Å²) in [5.74, 6) is 3.71. The Morgan fingerprint density at radius 1 is 1.70 bits per heavy atom. The first-order chi connectivity index (χ1) is 4.93. The minimum Gasteiger partial charge on any atom is -0.320 e. The SMILES string of the molecule is NCC#CNC1=NCCC1. The molecule has 0 bridgehead atoms. The fraction of sp³-hybridized carbons (Fsp3) is 0.571. The van der Waals surface area contributed by atoms with Gasteiger partial charge >= 0.3 is 0 Å². The van der Waals surface area contributed by atoms with E-state index in [2.05, 4.69) is 22.3 Å². The fourth-order valence-electron chi connectivity index (χ4n) is 0.809. The summed E-state index contributed by atoms with van der Waals surface area (Å²) in [4.78, 5) is 4.17. The van der Waals surface area contributed by atoms with Crippen molar-refractivity contribution in [3.8, 4) is 12.0 Å². The molecule has 1 rings (SSSR count). The monoisotopic (exact) mass is 137 g/mol. The third kappa shape index (κ3) is 2.08. The van der Waals surface area contributed by atoms with Crippen molar-refractivity contribution in [1.29, 1.82) is 0 Å². The number of hydrogen-bond acceptors (Lipinski definition) is 3.